The maximum atomic E-state index is 5.16. The molecule has 7 heavy (non-hydrogen) atoms. The third-order valence-electron chi connectivity index (χ3n) is 0.378. The summed E-state index contributed by atoms with van der Waals surface area (Å²) in [5, 5.41) is 7.05. The van der Waals surface area contributed by atoms with Gasteiger partial charge in [-0.2, -0.15) is 5.10 Å². The molecule has 0 fully saturated rings. The highest BCUT2D eigenvalue weighted by molar-refractivity contribution is 8.13. The van der Waals surface area contributed by atoms with Gasteiger partial charge in [-0.25, -0.2) is 0 Å². The second-order valence-electron chi connectivity index (χ2n) is 0.784. The highest BCUT2D eigenvalue weighted by Gasteiger charge is 1.79. The van der Waals surface area contributed by atoms with Gasteiger partial charge >= 0.3 is 0 Å². The van der Waals surface area contributed by atoms with E-state index in [0.29, 0.717) is 5.17 Å². The van der Waals surface area contributed by atoms with E-state index in [0.717, 1.165) is 0 Å². The van der Waals surface area contributed by atoms with E-state index < -0.39 is 0 Å². The normalized spacial score (nSPS) is 11.3. The van der Waals surface area contributed by atoms with Crippen LogP contribution < -0.4 is 5.73 Å². The summed E-state index contributed by atoms with van der Waals surface area (Å²) in [6, 6.07) is 0. The lowest BCUT2D eigenvalue weighted by atomic mass is 11.3. The molecule has 0 radical (unpaired) electrons. The van der Waals surface area contributed by atoms with E-state index in [4.69, 9.17) is 5.73 Å². The van der Waals surface area contributed by atoms with E-state index in [1.807, 2.05) is 6.26 Å². The van der Waals surface area contributed by atoms with Crippen LogP contribution in [0.3, 0.4) is 0 Å². The van der Waals surface area contributed by atoms with Gasteiger partial charge in [0.25, 0.3) is 0 Å². The van der Waals surface area contributed by atoms with Crippen LogP contribution in [0, 0.1) is 0 Å². The molecule has 0 spiro atoms. The third-order valence-corrected chi connectivity index (χ3v) is 0.878. The van der Waals surface area contributed by atoms with Gasteiger partial charge in [-0.15, -0.1) is 5.10 Å². The first-order chi connectivity index (χ1) is 3.31. The zero-order valence-corrected chi connectivity index (χ0v) is 4.90. The van der Waals surface area contributed by atoms with Crippen LogP contribution in [0.25, 0.3) is 0 Å². The minimum absolute atomic E-state index is 0.440. The highest BCUT2D eigenvalue weighted by Crippen LogP contribution is 1.89. The molecule has 0 aliphatic rings. The summed E-state index contributed by atoms with van der Waals surface area (Å²) in [4.78, 5) is 0. The second kappa shape index (κ2) is 3.67. The predicted octanol–water partition coefficient (Wildman–Crippen LogP) is 0.280. The molecule has 0 aromatic carbocycles. The number of hydrogen-bond acceptors (Lipinski definition) is 3. The fourth-order valence-electron chi connectivity index (χ4n) is 0.111. The van der Waals surface area contributed by atoms with Crippen molar-refractivity contribution in [3.05, 3.63) is 0 Å². The quantitative estimate of drug-likeness (QED) is 0.304. The molecule has 0 rings (SSSR count). The van der Waals surface area contributed by atoms with Crippen molar-refractivity contribution in [1.29, 1.82) is 0 Å². The molecule has 4 heteroatoms. The molecular formula is C3H7N3S. The Hall–Kier alpha value is -0.510. The number of amidine groups is 1. The van der Waals surface area contributed by atoms with Crippen LogP contribution in [0.1, 0.15) is 0 Å². The van der Waals surface area contributed by atoms with Gasteiger partial charge in [0.05, 0.1) is 0 Å². The Bertz CT molecular complexity index is 88.2. The zero-order valence-electron chi connectivity index (χ0n) is 4.09. The maximum absolute atomic E-state index is 5.16. The lowest BCUT2D eigenvalue weighted by Crippen LogP contribution is -2.03. The van der Waals surface area contributed by atoms with Gasteiger partial charge in [0, 0.05) is 6.72 Å². The van der Waals surface area contributed by atoms with Crippen LogP contribution in [-0.2, 0) is 0 Å². The molecule has 40 valence electrons. The Kier molecular flexibility index (Phi) is 3.40. The topological polar surface area (TPSA) is 50.7 Å². The van der Waals surface area contributed by atoms with E-state index in [9.17, 15) is 0 Å². The summed E-state index contributed by atoms with van der Waals surface area (Å²) in [6.45, 7) is 3.12. The van der Waals surface area contributed by atoms with Gasteiger partial charge in [0.1, 0.15) is 0 Å². The van der Waals surface area contributed by atoms with Gasteiger partial charge < -0.3 is 5.73 Å². The average Bonchev–Trinajstić information content (AvgIpc) is 1.68. The molecule has 2 N–H and O–H groups in total. The molecule has 3 nitrogen and oxygen atoms in total. The highest BCUT2D eigenvalue weighted by atomic mass is 32.2. The number of nitrogens with two attached hydrogens (primary N) is 1. The summed E-state index contributed by atoms with van der Waals surface area (Å²) in [5.74, 6) is 0. The van der Waals surface area contributed by atoms with E-state index in [1.165, 1.54) is 11.8 Å². The van der Waals surface area contributed by atoms with Gasteiger partial charge in [-0.1, -0.05) is 11.8 Å². The third kappa shape index (κ3) is 3.32. The zero-order chi connectivity index (χ0) is 5.70. The summed E-state index contributed by atoms with van der Waals surface area (Å²) in [7, 11) is 0. The summed E-state index contributed by atoms with van der Waals surface area (Å²) in [5.41, 5.74) is 5.16. The van der Waals surface area contributed by atoms with Crippen molar-refractivity contribution >= 4 is 23.6 Å². The van der Waals surface area contributed by atoms with Gasteiger partial charge in [-0.3, -0.25) is 0 Å². The van der Waals surface area contributed by atoms with Gasteiger partial charge in [-0.05, 0) is 6.26 Å². The largest absolute Gasteiger partial charge is 0.377 e. The molecular weight excluding hydrogens is 110 g/mol. The van der Waals surface area contributed by atoms with Crippen LogP contribution in [-0.4, -0.2) is 18.1 Å². The van der Waals surface area contributed by atoms with E-state index in [-0.39, 0.29) is 0 Å². The van der Waals surface area contributed by atoms with Gasteiger partial charge in [0.2, 0.25) is 0 Å². The van der Waals surface area contributed by atoms with Crippen LogP contribution in [0.5, 0.6) is 0 Å². The lowest BCUT2D eigenvalue weighted by Gasteiger charge is -1.84. The molecule has 0 saturated carbocycles. The fraction of sp³-hybridized carbons (Fsp3) is 0.333. The minimum Gasteiger partial charge on any atom is -0.377 e. The Balaban J connectivity index is 3.49. The molecule has 0 aliphatic carbocycles. The first-order valence-electron chi connectivity index (χ1n) is 1.64. The molecule has 0 saturated heterocycles. The summed E-state index contributed by atoms with van der Waals surface area (Å²) >= 11 is 1.34. The standard InChI is InChI=1S/C3H7N3S/c1-5-6-3(4)7-2/h1H2,2H3,(H2,4,6). The number of rotatable bonds is 1. The monoisotopic (exact) mass is 117 g/mol. The van der Waals surface area contributed by atoms with Crippen molar-refractivity contribution in [3.8, 4) is 0 Å². The average molecular weight is 117 g/mol. The molecule has 0 amide bonds. The molecule has 0 unspecified atom stereocenters. The Labute approximate surface area is 46.7 Å². The van der Waals surface area contributed by atoms with Crippen LogP contribution in [0.4, 0.5) is 0 Å². The summed E-state index contributed by atoms with van der Waals surface area (Å²) < 4.78 is 0. The summed E-state index contributed by atoms with van der Waals surface area (Å²) in [6.07, 6.45) is 1.82. The lowest BCUT2D eigenvalue weighted by molar-refractivity contribution is 1.26. The van der Waals surface area contributed by atoms with Crippen molar-refractivity contribution in [2.24, 2.45) is 15.9 Å². The minimum atomic E-state index is 0.440. The molecule has 0 heterocycles. The SMILES string of the molecule is C=N/N=C(/N)SC. The maximum Gasteiger partial charge on any atom is 0.180 e. The molecule has 0 bridgehead atoms. The fourth-order valence-corrected chi connectivity index (χ4v) is 0.250. The smallest absolute Gasteiger partial charge is 0.180 e. The molecule has 0 aromatic rings. The number of nitrogens with zero attached hydrogens (tertiary/aromatic N) is 2. The van der Waals surface area contributed by atoms with Crippen molar-refractivity contribution in [2.75, 3.05) is 6.26 Å². The molecule has 0 atom stereocenters. The number of hydrogen-bond donors (Lipinski definition) is 1. The Morgan fingerprint density at radius 3 is 2.57 bits per heavy atom. The molecule has 0 aliphatic heterocycles. The molecule has 0 aromatic heterocycles. The number of thioether (sulfide) groups is 1. The van der Waals surface area contributed by atoms with E-state index >= 15 is 0 Å². The van der Waals surface area contributed by atoms with Crippen molar-refractivity contribution < 1.29 is 0 Å². The van der Waals surface area contributed by atoms with E-state index in [1.54, 1.807) is 0 Å². The first-order valence-corrected chi connectivity index (χ1v) is 2.87. The van der Waals surface area contributed by atoms with Crippen molar-refractivity contribution in [2.45, 2.75) is 0 Å². The Morgan fingerprint density at radius 2 is 2.43 bits per heavy atom. The van der Waals surface area contributed by atoms with Crippen LogP contribution >= 0.6 is 11.8 Å². The van der Waals surface area contributed by atoms with Crippen LogP contribution in [0.15, 0.2) is 10.2 Å². The van der Waals surface area contributed by atoms with Crippen LogP contribution in [0.2, 0.25) is 0 Å². The van der Waals surface area contributed by atoms with Crippen molar-refractivity contribution in [3.63, 3.8) is 0 Å². The predicted molar refractivity (Wildman–Crippen MR) is 34.7 cm³/mol. The van der Waals surface area contributed by atoms with E-state index in [2.05, 4.69) is 16.9 Å². The first kappa shape index (κ1) is 6.49. The Morgan fingerprint density at radius 1 is 1.86 bits per heavy atom. The second-order valence-corrected chi connectivity index (χ2v) is 1.61. The van der Waals surface area contributed by atoms with Crippen molar-refractivity contribution in [1.82, 2.24) is 0 Å². The van der Waals surface area contributed by atoms with Gasteiger partial charge in [0.15, 0.2) is 5.17 Å².